The van der Waals surface area contributed by atoms with E-state index in [4.69, 9.17) is 0 Å². The average Bonchev–Trinajstić information content (AvgIpc) is 2.48. The molecule has 1 aliphatic heterocycles. The van der Waals surface area contributed by atoms with Crippen LogP contribution in [0.3, 0.4) is 0 Å². The van der Waals surface area contributed by atoms with Gasteiger partial charge in [-0.1, -0.05) is 32.9 Å². The molecule has 5 atom stereocenters. The van der Waals surface area contributed by atoms with Gasteiger partial charge in [0.05, 0.1) is 6.61 Å². The van der Waals surface area contributed by atoms with Crippen molar-refractivity contribution in [3.05, 3.63) is 12.2 Å². The number of hydrogen-bond donors (Lipinski definition) is 1. The molecule has 0 aromatic heterocycles. The van der Waals surface area contributed by atoms with Crippen molar-refractivity contribution >= 4 is 0 Å². The van der Waals surface area contributed by atoms with E-state index in [1.54, 1.807) is 0 Å². The van der Waals surface area contributed by atoms with Gasteiger partial charge in [-0.25, -0.2) is 0 Å². The van der Waals surface area contributed by atoms with Crippen molar-refractivity contribution in [2.24, 2.45) is 35.0 Å². The smallest absolute Gasteiger partial charge is 0.0558 e. The molecule has 4 bridgehead atoms. The quantitative estimate of drug-likeness (QED) is 0.792. The monoisotopic (exact) mass is 263 g/mol. The summed E-state index contributed by atoms with van der Waals surface area (Å²) in [6.45, 7) is 15.2. The van der Waals surface area contributed by atoms with Gasteiger partial charge in [-0.2, -0.15) is 0 Å². The summed E-state index contributed by atoms with van der Waals surface area (Å²) in [4.78, 5) is 2.48. The molecule has 1 N–H and O–H groups in total. The first-order chi connectivity index (χ1) is 8.99. The summed E-state index contributed by atoms with van der Waals surface area (Å²) < 4.78 is 0. The van der Waals surface area contributed by atoms with E-state index >= 15 is 0 Å². The lowest BCUT2D eigenvalue weighted by Crippen LogP contribution is -2.50. The lowest BCUT2D eigenvalue weighted by atomic mass is 9.60. The van der Waals surface area contributed by atoms with Crippen molar-refractivity contribution in [3.63, 3.8) is 0 Å². The van der Waals surface area contributed by atoms with E-state index in [-0.39, 0.29) is 0 Å². The van der Waals surface area contributed by atoms with E-state index in [2.05, 4.69) is 32.3 Å². The first kappa shape index (κ1) is 13.6. The van der Waals surface area contributed by atoms with Gasteiger partial charge in [0.1, 0.15) is 0 Å². The molecule has 2 saturated carbocycles. The zero-order valence-electron chi connectivity index (χ0n) is 12.7. The van der Waals surface area contributed by atoms with Crippen molar-refractivity contribution in [3.8, 4) is 0 Å². The van der Waals surface area contributed by atoms with Crippen LogP contribution in [0, 0.1) is 35.0 Å². The van der Waals surface area contributed by atoms with E-state index in [1.165, 1.54) is 25.0 Å². The summed E-state index contributed by atoms with van der Waals surface area (Å²) in [7, 11) is 0. The first-order valence-electron chi connectivity index (χ1n) is 8.01. The second kappa shape index (κ2) is 4.60. The van der Waals surface area contributed by atoms with Gasteiger partial charge >= 0.3 is 0 Å². The number of rotatable bonds is 3. The van der Waals surface area contributed by atoms with Gasteiger partial charge in [0.2, 0.25) is 0 Å². The van der Waals surface area contributed by atoms with Crippen LogP contribution >= 0.6 is 0 Å². The van der Waals surface area contributed by atoms with Crippen LogP contribution in [0.15, 0.2) is 12.2 Å². The molecule has 2 nitrogen and oxygen atoms in total. The minimum atomic E-state index is 0.293. The predicted molar refractivity (Wildman–Crippen MR) is 78.8 cm³/mol. The summed E-state index contributed by atoms with van der Waals surface area (Å²) in [5.74, 6) is 4.02. The molecule has 1 heterocycles. The van der Waals surface area contributed by atoms with Crippen molar-refractivity contribution < 1.29 is 5.11 Å². The highest BCUT2D eigenvalue weighted by atomic mass is 16.3. The van der Waals surface area contributed by atoms with E-state index < -0.39 is 0 Å². The molecule has 0 radical (unpaired) electrons. The Balaban J connectivity index is 1.91. The predicted octanol–water partition coefficient (Wildman–Crippen LogP) is 2.79. The average molecular weight is 263 g/mol. The fourth-order valence-corrected chi connectivity index (χ4v) is 5.49. The van der Waals surface area contributed by atoms with Crippen LogP contribution in [-0.2, 0) is 0 Å². The van der Waals surface area contributed by atoms with Crippen LogP contribution in [0.2, 0.25) is 0 Å². The second-order valence-electron chi connectivity index (χ2n) is 7.66. The van der Waals surface area contributed by atoms with Crippen LogP contribution in [0.5, 0.6) is 0 Å². The van der Waals surface area contributed by atoms with E-state index in [0.717, 1.165) is 36.8 Å². The number of piperidine rings is 1. The molecule has 0 spiro atoms. The Kier molecular flexibility index (Phi) is 3.30. The lowest BCUT2D eigenvalue weighted by molar-refractivity contribution is -0.0113. The Bertz CT molecular complexity index is 377. The molecule has 3 fully saturated rings. The van der Waals surface area contributed by atoms with Crippen LogP contribution in [0.1, 0.15) is 33.6 Å². The number of likely N-dealkylation sites (tertiary alicyclic amines) is 1. The molecular formula is C17H29NO. The van der Waals surface area contributed by atoms with Gasteiger partial charge < -0.3 is 10.0 Å². The zero-order chi connectivity index (χ0) is 13.8. The fraction of sp³-hybridized carbons (Fsp3) is 0.882. The largest absolute Gasteiger partial charge is 0.395 e. The highest BCUT2D eigenvalue weighted by molar-refractivity contribution is 5.29. The van der Waals surface area contributed by atoms with Gasteiger partial charge in [-0.05, 0) is 47.8 Å². The molecule has 0 aromatic rings. The molecule has 1 saturated heterocycles. The number of hydrogen-bond acceptors (Lipinski definition) is 2. The SMILES string of the molecule is C=C1[C@@H]2CN(CCO)C[C@H]3[C@@H]2[C@H](C(C)C)CC[C@@]13C. The summed E-state index contributed by atoms with van der Waals surface area (Å²) in [6.07, 6.45) is 2.73. The molecule has 19 heavy (non-hydrogen) atoms. The van der Waals surface area contributed by atoms with Crippen molar-refractivity contribution in [1.29, 1.82) is 0 Å². The minimum absolute atomic E-state index is 0.293. The normalized spacial score (nSPS) is 46.1. The van der Waals surface area contributed by atoms with Crippen LogP contribution in [0.4, 0.5) is 0 Å². The molecule has 2 aliphatic carbocycles. The summed E-state index contributed by atoms with van der Waals surface area (Å²) in [6, 6.07) is 0. The van der Waals surface area contributed by atoms with Crippen LogP contribution < -0.4 is 0 Å². The molecule has 0 unspecified atom stereocenters. The molecular weight excluding hydrogens is 234 g/mol. The number of aliphatic hydroxyl groups excluding tert-OH is 1. The maximum absolute atomic E-state index is 9.22. The standard InChI is InChI=1S/C17H29NO/c1-11(2)13-5-6-17(4)12(3)14-9-18(7-8-19)10-15(17)16(13)14/h11,13-16,19H,3,5-10H2,1-2,4H3/t13-,14-,15-,16+,17-/m0/s1. The molecule has 0 amide bonds. The Labute approximate surface area is 117 Å². The third-order valence-corrected chi connectivity index (χ3v) is 6.60. The number of β-amino-alcohol motifs (C(OH)–C–C–N with tert-alkyl or cyclic N) is 1. The number of nitrogens with zero attached hydrogens (tertiary/aromatic N) is 1. The third kappa shape index (κ3) is 1.83. The van der Waals surface area contributed by atoms with Crippen LogP contribution in [0.25, 0.3) is 0 Å². The van der Waals surface area contributed by atoms with E-state index in [1.807, 2.05) is 0 Å². The summed E-state index contributed by atoms with van der Waals surface area (Å²) in [5, 5.41) is 9.22. The second-order valence-corrected chi connectivity index (χ2v) is 7.66. The van der Waals surface area contributed by atoms with Gasteiger partial charge in [0.15, 0.2) is 0 Å². The van der Waals surface area contributed by atoms with Crippen LogP contribution in [-0.4, -0.2) is 36.2 Å². The lowest BCUT2D eigenvalue weighted by Gasteiger charge is -2.49. The molecule has 2 heteroatoms. The minimum Gasteiger partial charge on any atom is -0.395 e. The molecule has 3 rings (SSSR count). The maximum atomic E-state index is 9.22. The van der Waals surface area contributed by atoms with Gasteiger partial charge in [-0.3, -0.25) is 0 Å². The fourth-order valence-electron chi connectivity index (χ4n) is 5.49. The first-order valence-corrected chi connectivity index (χ1v) is 8.01. The summed E-state index contributed by atoms with van der Waals surface area (Å²) in [5.41, 5.74) is 1.91. The Morgan fingerprint density at radius 2 is 2.16 bits per heavy atom. The van der Waals surface area contributed by atoms with Crippen molar-refractivity contribution in [1.82, 2.24) is 4.90 Å². The molecule has 108 valence electrons. The van der Waals surface area contributed by atoms with Crippen molar-refractivity contribution in [2.45, 2.75) is 33.6 Å². The van der Waals surface area contributed by atoms with E-state index in [0.29, 0.717) is 17.9 Å². The molecule has 0 aromatic carbocycles. The highest BCUT2D eigenvalue weighted by Gasteiger charge is 2.60. The summed E-state index contributed by atoms with van der Waals surface area (Å²) >= 11 is 0. The molecule has 3 aliphatic rings. The van der Waals surface area contributed by atoms with Gasteiger partial charge in [0, 0.05) is 19.6 Å². The van der Waals surface area contributed by atoms with E-state index in [9.17, 15) is 5.11 Å². The number of aliphatic hydroxyl groups is 1. The highest BCUT2D eigenvalue weighted by Crippen LogP contribution is 2.65. The Morgan fingerprint density at radius 1 is 1.42 bits per heavy atom. The van der Waals surface area contributed by atoms with Gasteiger partial charge in [-0.15, -0.1) is 0 Å². The topological polar surface area (TPSA) is 23.5 Å². The van der Waals surface area contributed by atoms with Gasteiger partial charge in [0.25, 0.3) is 0 Å². The maximum Gasteiger partial charge on any atom is 0.0558 e. The third-order valence-electron chi connectivity index (χ3n) is 6.60. The van der Waals surface area contributed by atoms with Crippen molar-refractivity contribution in [2.75, 3.05) is 26.2 Å². The Hall–Kier alpha value is -0.340. The Morgan fingerprint density at radius 3 is 2.79 bits per heavy atom. The zero-order valence-corrected chi connectivity index (χ0v) is 12.7.